The number of aromatic nitrogens is 2. The third-order valence-corrected chi connectivity index (χ3v) is 4.62. The van der Waals surface area contributed by atoms with Gasteiger partial charge >= 0.3 is 5.91 Å². The van der Waals surface area contributed by atoms with Crippen LogP contribution in [0.25, 0.3) is 5.69 Å². The lowest BCUT2D eigenvalue weighted by Gasteiger charge is -2.24. The molecule has 0 saturated heterocycles. The summed E-state index contributed by atoms with van der Waals surface area (Å²) in [5, 5.41) is 4.40. The van der Waals surface area contributed by atoms with Gasteiger partial charge in [-0.3, -0.25) is 19.4 Å². The number of hydrogen-bond acceptors (Lipinski definition) is 4. The number of Topliss-reactive ketones (excluding diaryl/α,β-unsaturated/α-hetero) is 1. The van der Waals surface area contributed by atoms with Gasteiger partial charge in [0.15, 0.2) is 0 Å². The van der Waals surface area contributed by atoms with Crippen molar-refractivity contribution in [3.8, 4) is 5.69 Å². The van der Waals surface area contributed by atoms with Crippen LogP contribution in [0.15, 0.2) is 60.9 Å². The number of aryl methyl sites for hydroxylation is 1. The average molecular weight is 360 g/mol. The minimum absolute atomic E-state index is 0.344. The lowest BCUT2D eigenvalue weighted by molar-refractivity contribution is -0.114. The molecule has 1 aliphatic rings. The molecule has 0 N–H and O–H groups in total. The lowest BCUT2D eigenvalue weighted by atomic mass is 10.1. The van der Waals surface area contributed by atoms with E-state index in [1.807, 2.05) is 78.4 Å². The van der Waals surface area contributed by atoms with Crippen LogP contribution >= 0.6 is 0 Å². The summed E-state index contributed by atoms with van der Waals surface area (Å²) >= 11 is 0. The summed E-state index contributed by atoms with van der Waals surface area (Å²) in [4.78, 5) is 28.2. The summed E-state index contributed by atoms with van der Waals surface area (Å²) < 4.78 is 1.83. The van der Waals surface area contributed by atoms with Crippen LogP contribution in [0.3, 0.4) is 0 Å². The first kappa shape index (κ1) is 17.2. The molecule has 0 atom stereocenters. The molecule has 27 heavy (non-hydrogen) atoms. The number of nitrogens with zero attached hydrogens (tertiary/aromatic N) is 4. The molecule has 0 fully saturated rings. The summed E-state index contributed by atoms with van der Waals surface area (Å²) in [5.74, 6) is -0.901. The number of rotatable bonds is 5. The second-order valence-corrected chi connectivity index (χ2v) is 6.87. The van der Waals surface area contributed by atoms with Gasteiger partial charge in [0, 0.05) is 18.3 Å². The van der Waals surface area contributed by atoms with Crippen LogP contribution < -0.4 is 4.90 Å². The van der Waals surface area contributed by atoms with E-state index in [9.17, 15) is 9.59 Å². The zero-order chi connectivity index (χ0) is 19.0. The van der Waals surface area contributed by atoms with E-state index in [4.69, 9.17) is 0 Å². The highest BCUT2D eigenvalue weighted by Gasteiger charge is 2.36. The molecule has 2 aromatic carbocycles. The lowest BCUT2D eigenvalue weighted by Crippen LogP contribution is -2.38. The molecule has 0 unspecified atom stereocenters. The number of fused-ring (bicyclic) bond motifs is 1. The summed E-state index contributed by atoms with van der Waals surface area (Å²) in [6, 6.07) is 15.4. The number of benzene rings is 2. The van der Waals surface area contributed by atoms with Crippen molar-refractivity contribution in [3.63, 3.8) is 0 Å². The third-order valence-electron chi connectivity index (χ3n) is 4.62. The van der Waals surface area contributed by atoms with Gasteiger partial charge in [-0.25, -0.2) is 4.68 Å². The van der Waals surface area contributed by atoms with E-state index >= 15 is 0 Å². The molecule has 0 bridgehead atoms. The first-order valence-electron chi connectivity index (χ1n) is 8.77. The fourth-order valence-corrected chi connectivity index (χ4v) is 3.32. The van der Waals surface area contributed by atoms with Crippen LogP contribution in [0.4, 0.5) is 5.69 Å². The predicted molar refractivity (Wildman–Crippen MR) is 103 cm³/mol. The Kier molecular flexibility index (Phi) is 4.33. The SMILES string of the molecule is Cc1ccc2c(c1)C(=O)C(=O)N2CN(C)Cc1cnn(-c2ccccc2)c1. The molecule has 0 saturated carbocycles. The molecule has 136 valence electrons. The number of carbonyl (C=O) groups is 2. The van der Waals surface area contributed by atoms with Gasteiger partial charge < -0.3 is 0 Å². The fraction of sp³-hybridized carbons (Fsp3) is 0.190. The molecule has 1 aliphatic heterocycles. The average Bonchev–Trinajstić information content (AvgIpc) is 3.22. The molecular weight excluding hydrogens is 340 g/mol. The molecule has 4 rings (SSSR count). The molecule has 0 radical (unpaired) electrons. The molecule has 0 spiro atoms. The number of carbonyl (C=O) groups excluding carboxylic acids is 2. The molecular formula is C21H20N4O2. The van der Waals surface area contributed by atoms with Crippen molar-refractivity contribution in [2.75, 3.05) is 18.6 Å². The van der Waals surface area contributed by atoms with Crippen molar-refractivity contribution in [3.05, 3.63) is 77.6 Å². The number of hydrogen-bond donors (Lipinski definition) is 0. The van der Waals surface area contributed by atoms with Crippen molar-refractivity contribution in [2.24, 2.45) is 0 Å². The van der Waals surface area contributed by atoms with E-state index in [1.54, 1.807) is 11.0 Å². The van der Waals surface area contributed by atoms with E-state index in [0.717, 1.165) is 16.8 Å². The first-order chi connectivity index (χ1) is 13.0. The van der Waals surface area contributed by atoms with Crippen LogP contribution in [-0.4, -0.2) is 40.1 Å². The quantitative estimate of drug-likeness (QED) is 0.657. The summed E-state index contributed by atoms with van der Waals surface area (Å²) in [6.45, 7) is 2.88. The molecule has 1 amide bonds. The monoisotopic (exact) mass is 360 g/mol. The molecule has 3 aromatic rings. The summed E-state index contributed by atoms with van der Waals surface area (Å²) in [6.07, 6.45) is 3.79. The summed E-state index contributed by atoms with van der Waals surface area (Å²) in [5.41, 5.74) is 4.17. The Morgan fingerprint density at radius 1 is 1.07 bits per heavy atom. The molecule has 2 heterocycles. The van der Waals surface area contributed by atoms with Gasteiger partial charge in [0.25, 0.3) is 5.78 Å². The smallest absolute Gasteiger partial charge is 0.291 e. The largest absolute Gasteiger partial charge is 0.300 e. The third kappa shape index (κ3) is 3.27. The van der Waals surface area contributed by atoms with Crippen molar-refractivity contribution < 1.29 is 9.59 Å². The second kappa shape index (κ2) is 6.81. The second-order valence-electron chi connectivity index (χ2n) is 6.87. The first-order valence-corrected chi connectivity index (χ1v) is 8.77. The Hall–Kier alpha value is -3.25. The molecule has 1 aromatic heterocycles. The zero-order valence-electron chi connectivity index (χ0n) is 15.3. The maximum absolute atomic E-state index is 12.4. The van der Waals surface area contributed by atoms with E-state index in [1.165, 1.54) is 0 Å². The Bertz CT molecular complexity index is 1010. The highest BCUT2D eigenvalue weighted by atomic mass is 16.2. The van der Waals surface area contributed by atoms with Gasteiger partial charge in [0.05, 0.1) is 29.8 Å². The zero-order valence-corrected chi connectivity index (χ0v) is 15.3. The van der Waals surface area contributed by atoms with Gasteiger partial charge in [0.1, 0.15) is 0 Å². The van der Waals surface area contributed by atoms with Crippen molar-refractivity contribution >= 4 is 17.4 Å². The van der Waals surface area contributed by atoms with Gasteiger partial charge in [0.2, 0.25) is 0 Å². The van der Waals surface area contributed by atoms with Crippen molar-refractivity contribution in [2.45, 2.75) is 13.5 Å². The van der Waals surface area contributed by atoms with Gasteiger partial charge in [-0.1, -0.05) is 29.8 Å². The standard InChI is InChI=1S/C21H20N4O2/c1-15-8-9-19-18(10-15)20(26)21(27)24(19)14-23(2)12-16-11-22-25(13-16)17-6-4-3-5-7-17/h3-11,13H,12,14H2,1-2H3. The maximum Gasteiger partial charge on any atom is 0.300 e. The van der Waals surface area contributed by atoms with Gasteiger partial charge in [-0.05, 0) is 38.2 Å². The van der Waals surface area contributed by atoms with Gasteiger partial charge in [-0.15, -0.1) is 0 Å². The number of ketones is 1. The van der Waals surface area contributed by atoms with Crippen LogP contribution in [0.2, 0.25) is 0 Å². The molecule has 0 aliphatic carbocycles. The van der Waals surface area contributed by atoms with Crippen LogP contribution in [0.5, 0.6) is 0 Å². The highest BCUT2D eigenvalue weighted by molar-refractivity contribution is 6.52. The maximum atomic E-state index is 12.4. The minimum Gasteiger partial charge on any atom is -0.291 e. The van der Waals surface area contributed by atoms with Gasteiger partial charge in [-0.2, -0.15) is 5.10 Å². The van der Waals surface area contributed by atoms with Crippen LogP contribution in [-0.2, 0) is 11.3 Å². The highest BCUT2D eigenvalue weighted by Crippen LogP contribution is 2.29. The molecule has 6 heteroatoms. The normalized spacial score (nSPS) is 13.5. The Balaban J connectivity index is 1.48. The van der Waals surface area contributed by atoms with E-state index in [-0.39, 0.29) is 0 Å². The number of para-hydroxylation sites is 1. The van der Waals surface area contributed by atoms with Crippen molar-refractivity contribution in [1.29, 1.82) is 0 Å². The Labute approximate surface area is 157 Å². The fourth-order valence-electron chi connectivity index (χ4n) is 3.32. The van der Waals surface area contributed by atoms with E-state index in [0.29, 0.717) is 24.5 Å². The number of anilines is 1. The molecule has 6 nitrogen and oxygen atoms in total. The Morgan fingerprint density at radius 3 is 2.63 bits per heavy atom. The van der Waals surface area contributed by atoms with Crippen LogP contribution in [0, 0.1) is 6.92 Å². The van der Waals surface area contributed by atoms with Crippen molar-refractivity contribution in [1.82, 2.24) is 14.7 Å². The van der Waals surface area contributed by atoms with E-state index in [2.05, 4.69) is 5.10 Å². The minimum atomic E-state index is -0.470. The Morgan fingerprint density at radius 2 is 1.85 bits per heavy atom. The number of amides is 1. The topological polar surface area (TPSA) is 58.4 Å². The summed E-state index contributed by atoms with van der Waals surface area (Å²) in [7, 11) is 1.92. The van der Waals surface area contributed by atoms with Crippen LogP contribution in [0.1, 0.15) is 21.5 Å². The van der Waals surface area contributed by atoms with E-state index < -0.39 is 11.7 Å². The predicted octanol–water partition coefficient (Wildman–Crippen LogP) is 2.80.